The van der Waals surface area contributed by atoms with Crippen molar-refractivity contribution in [3.05, 3.63) is 59.9 Å². The van der Waals surface area contributed by atoms with E-state index in [0.29, 0.717) is 36.5 Å². The second kappa shape index (κ2) is 10.7. The van der Waals surface area contributed by atoms with Crippen molar-refractivity contribution in [2.75, 3.05) is 50.2 Å². The van der Waals surface area contributed by atoms with E-state index in [1.807, 2.05) is 47.4 Å². The Kier molecular flexibility index (Phi) is 7.18. The Morgan fingerprint density at radius 3 is 2.24 bits per heavy atom. The molecule has 4 aliphatic rings. The minimum atomic E-state index is -0.253. The van der Waals surface area contributed by atoms with E-state index < -0.39 is 0 Å². The van der Waals surface area contributed by atoms with Gasteiger partial charge in [0, 0.05) is 64.1 Å². The number of benzene rings is 2. The van der Waals surface area contributed by atoms with Gasteiger partial charge < -0.3 is 28.9 Å². The summed E-state index contributed by atoms with van der Waals surface area (Å²) in [7, 11) is 3.41. The number of carbonyl (C=O) groups excluding carboxylic acids is 1. The Bertz CT molecular complexity index is 1100. The first-order valence-corrected chi connectivity index (χ1v) is 13.9. The molecule has 38 heavy (non-hydrogen) atoms. The largest absolute Gasteiger partial charge is 0.445 e. The van der Waals surface area contributed by atoms with Gasteiger partial charge in [-0.05, 0) is 61.3 Å². The van der Waals surface area contributed by atoms with Crippen LogP contribution in [0.2, 0.25) is 0 Å². The highest BCUT2D eigenvalue weighted by Crippen LogP contribution is 2.46. The van der Waals surface area contributed by atoms with Gasteiger partial charge in [-0.1, -0.05) is 30.3 Å². The van der Waals surface area contributed by atoms with Gasteiger partial charge in [0.15, 0.2) is 6.29 Å². The maximum absolute atomic E-state index is 15.1. The van der Waals surface area contributed by atoms with Crippen molar-refractivity contribution in [1.82, 2.24) is 4.90 Å². The number of nitrogens with zero attached hydrogens (tertiary/aromatic N) is 3. The summed E-state index contributed by atoms with van der Waals surface area (Å²) in [6.07, 6.45) is 3.75. The fourth-order valence-corrected chi connectivity index (χ4v) is 7.44. The molecular weight excluding hydrogens is 485 g/mol. The molecule has 3 saturated heterocycles. The van der Waals surface area contributed by atoms with Crippen molar-refractivity contribution >= 4 is 17.5 Å². The Labute approximate surface area is 224 Å². The standard InChI is InChI=1S/C30H38FN3O4/c1-36-29(37-2)21-12-22-15-32(16-23(22)13-21)28-14-24(10-11-27(28)31)34-25-8-9-26(34)18-33(17-25)30(35)38-19-20-6-4-3-5-7-20/h3-7,10-11,14,21-23,25-26,29H,8-9,12-13,15-19H2,1-2H3/t21?,22-,23+,25?,26?. The topological polar surface area (TPSA) is 54.5 Å². The molecule has 6 rings (SSSR count). The van der Waals surface area contributed by atoms with Crippen LogP contribution in [-0.4, -0.2) is 69.8 Å². The van der Waals surface area contributed by atoms with Crippen molar-refractivity contribution in [3.63, 3.8) is 0 Å². The van der Waals surface area contributed by atoms with Crippen LogP contribution in [0, 0.1) is 23.6 Å². The number of amides is 1. The molecule has 1 aliphatic carbocycles. The van der Waals surface area contributed by atoms with Gasteiger partial charge in [0.2, 0.25) is 0 Å². The number of hydrogen-bond donors (Lipinski definition) is 0. The number of piperazine rings is 1. The molecular formula is C30H38FN3O4. The van der Waals surface area contributed by atoms with Crippen LogP contribution < -0.4 is 9.80 Å². The number of hydrogen-bond acceptors (Lipinski definition) is 6. The third-order valence-electron chi connectivity index (χ3n) is 9.15. The smallest absolute Gasteiger partial charge is 0.410 e. The molecule has 3 heterocycles. The van der Waals surface area contributed by atoms with E-state index in [1.165, 1.54) is 0 Å². The van der Waals surface area contributed by atoms with Crippen molar-refractivity contribution in [2.24, 2.45) is 17.8 Å². The quantitative estimate of drug-likeness (QED) is 0.482. The number of carbonyl (C=O) groups is 1. The molecule has 3 aliphatic heterocycles. The van der Waals surface area contributed by atoms with Crippen molar-refractivity contribution in [1.29, 1.82) is 0 Å². The molecule has 2 aromatic carbocycles. The average molecular weight is 524 g/mol. The fraction of sp³-hybridized carbons (Fsp3) is 0.567. The van der Waals surface area contributed by atoms with E-state index in [2.05, 4.69) is 9.80 Å². The fourth-order valence-electron chi connectivity index (χ4n) is 7.44. The van der Waals surface area contributed by atoms with Gasteiger partial charge in [0.05, 0.1) is 5.69 Å². The van der Waals surface area contributed by atoms with Gasteiger partial charge in [-0.25, -0.2) is 9.18 Å². The normalized spacial score (nSPS) is 28.3. The van der Waals surface area contributed by atoms with Crippen molar-refractivity contribution in [2.45, 2.75) is 50.7 Å². The summed E-state index contributed by atoms with van der Waals surface area (Å²) in [6.45, 7) is 3.29. The summed E-state index contributed by atoms with van der Waals surface area (Å²) in [4.78, 5) is 19.3. The summed E-state index contributed by atoms with van der Waals surface area (Å²) in [6, 6.07) is 15.8. The highest BCUT2D eigenvalue weighted by atomic mass is 19.1. The van der Waals surface area contributed by atoms with Crippen LogP contribution in [-0.2, 0) is 20.8 Å². The summed E-state index contributed by atoms with van der Waals surface area (Å²) in [5, 5.41) is 0. The highest BCUT2D eigenvalue weighted by molar-refractivity contribution is 5.69. The molecule has 5 atom stereocenters. The number of fused-ring (bicyclic) bond motifs is 3. The molecule has 0 spiro atoms. The Morgan fingerprint density at radius 1 is 0.947 bits per heavy atom. The van der Waals surface area contributed by atoms with Crippen LogP contribution in [0.1, 0.15) is 31.2 Å². The zero-order chi connectivity index (χ0) is 26.2. The first-order valence-electron chi connectivity index (χ1n) is 13.9. The summed E-state index contributed by atoms with van der Waals surface area (Å²) in [5.41, 5.74) is 2.74. The Hall–Kier alpha value is -2.84. The lowest BCUT2D eigenvalue weighted by Gasteiger charge is -2.42. The van der Waals surface area contributed by atoms with Gasteiger partial charge in [-0.3, -0.25) is 0 Å². The molecule has 2 bridgehead atoms. The minimum absolute atomic E-state index is 0.154. The van der Waals surface area contributed by atoms with Gasteiger partial charge in [0.1, 0.15) is 12.4 Å². The molecule has 0 N–H and O–H groups in total. The maximum Gasteiger partial charge on any atom is 0.410 e. The molecule has 4 fully saturated rings. The van der Waals surface area contributed by atoms with Crippen LogP contribution in [0.3, 0.4) is 0 Å². The Balaban J connectivity index is 1.10. The van der Waals surface area contributed by atoms with Crippen LogP contribution in [0.4, 0.5) is 20.6 Å². The van der Waals surface area contributed by atoms with Crippen molar-refractivity contribution < 1.29 is 23.4 Å². The zero-order valence-electron chi connectivity index (χ0n) is 22.3. The monoisotopic (exact) mass is 523 g/mol. The van der Waals surface area contributed by atoms with E-state index >= 15 is 4.39 Å². The maximum atomic E-state index is 15.1. The first kappa shape index (κ1) is 25.4. The van der Waals surface area contributed by atoms with Gasteiger partial charge in [0.25, 0.3) is 0 Å². The Morgan fingerprint density at radius 2 is 1.61 bits per heavy atom. The van der Waals surface area contributed by atoms with E-state index in [-0.39, 0.29) is 36.9 Å². The highest BCUT2D eigenvalue weighted by Gasteiger charge is 2.45. The molecule has 1 amide bonds. The van der Waals surface area contributed by atoms with Crippen molar-refractivity contribution in [3.8, 4) is 0 Å². The second-order valence-corrected chi connectivity index (χ2v) is 11.4. The number of ether oxygens (including phenoxy) is 3. The average Bonchev–Trinajstić information content (AvgIpc) is 3.58. The molecule has 204 valence electrons. The van der Waals surface area contributed by atoms with E-state index in [4.69, 9.17) is 14.2 Å². The van der Waals surface area contributed by atoms with Crippen LogP contribution in [0.5, 0.6) is 0 Å². The predicted octanol–water partition coefficient (Wildman–Crippen LogP) is 4.90. The molecule has 8 heteroatoms. The summed E-state index contributed by atoms with van der Waals surface area (Å²) in [5.74, 6) is 1.33. The minimum Gasteiger partial charge on any atom is -0.445 e. The molecule has 7 nitrogen and oxygen atoms in total. The van der Waals surface area contributed by atoms with Gasteiger partial charge in [-0.15, -0.1) is 0 Å². The third-order valence-corrected chi connectivity index (χ3v) is 9.15. The zero-order valence-corrected chi connectivity index (χ0v) is 22.3. The predicted molar refractivity (Wildman–Crippen MR) is 144 cm³/mol. The lowest BCUT2D eigenvalue weighted by molar-refractivity contribution is -0.136. The second-order valence-electron chi connectivity index (χ2n) is 11.4. The molecule has 1 saturated carbocycles. The van der Waals surface area contributed by atoms with E-state index in [9.17, 15) is 4.79 Å². The van der Waals surface area contributed by atoms with Gasteiger partial charge >= 0.3 is 6.09 Å². The number of halogens is 1. The number of methoxy groups -OCH3 is 2. The first-order chi connectivity index (χ1) is 18.5. The van der Waals surface area contributed by atoms with E-state index in [0.717, 1.165) is 50.0 Å². The number of rotatable bonds is 7. The summed E-state index contributed by atoms with van der Waals surface area (Å²) < 4.78 is 31.7. The third kappa shape index (κ3) is 4.84. The number of anilines is 2. The SMILES string of the molecule is COC(OC)C1C[C@@H]2CN(c3cc(N4C5CCC4CN(C(=O)OCc4ccccc4)C5)ccc3F)C[C@@H]2C1. The number of likely N-dealkylation sites (tertiary alicyclic amines) is 1. The lowest BCUT2D eigenvalue weighted by Crippen LogP contribution is -2.55. The molecule has 0 radical (unpaired) electrons. The van der Waals surface area contributed by atoms with Crippen LogP contribution in [0.25, 0.3) is 0 Å². The summed E-state index contributed by atoms with van der Waals surface area (Å²) >= 11 is 0. The van der Waals surface area contributed by atoms with Crippen LogP contribution in [0.15, 0.2) is 48.5 Å². The van der Waals surface area contributed by atoms with Crippen LogP contribution >= 0.6 is 0 Å². The lowest BCUT2D eigenvalue weighted by atomic mass is 10.0. The molecule has 0 aromatic heterocycles. The van der Waals surface area contributed by atoms with Gasteiger partial charge in [-0.2, -0.15) is 0 Å². The van der Waals surface area contributed by atoms with E-state index in [1.54, 1.807) is 20.3 Å². The molecule has 3 unspecified atom stereocenters. The molecule has 2 aromatic rings.